The predicted octanol–water partition coefficient (Wildman–Crippen LogP) is 2.18. The number of benzene rings is 1. The van der Waals surface area contributed by atoms with Crippen LogP contribution in [0, 0.1) is 5.82 Å². The van der Waals surface area contributed by atoms with Gasteiger partial charge in [-0.05, 0) is 26.0 Å². The summed E-state index contributed by atoms with van der Waals surface area (Å²) in [5.74, 6) is -0.167. The fraction of sp³-hybridized carbons (Fsp3) is 0.625. The summed E-state index contributed by atoms with van der Waals surface area (Å²) >= 11 is 0. The van der Waals surface area contributed by atoms with Gasteiger partial charge >= 0.3 is 0 Å². The number of nitrogens with zero attached hydrogens (tertiary/aromatic N) is 1. The van der Waals surface area contributed by atoms with E-state index in [1.807, 2.05) is 6.07 Å². The van der Waals surface area contributed by atoms with Gasteiger partial charge in [-0.1, -0.05) is 6.07 Å². The molecule has 21 heavy (non-hydrogen) atoms. The normalized spacial score (nSPS) is 18.0. The lowest BCUT2D eigenvalue weighted by atomic mass is 9.99. The van der Waals surface area contributed by atoms with Crippen molar-refractivity contribution in [2.75, 3.05) is 44.9 Å². The second-order valence-corrected chi connectivity index (χ2v) is 5.92. The molecule has 0 unspecified atom stereocenters. The van der Waals surface area contributed by atoms with Crippen LogP contribution in [-0.2, 0) is 16.0 Å². The van der Waals surface area contributed by atoms with Crippen LogP contribution in [-0.4, -0.2) is 45.6 Å². The zero-order valence-corrected chi connectivity index (χ0v) is 13.1. The van der Waals surface area contributed by atoms with Crippen molar-refractivity contribution in [3.63, 3.8) is 0 Å². The lowest BCUT2D eigenvalue weighted by Crippen LogP contribution is -2.53. The van der Waals surface area contributed by atoms with Crippen LogP contribution in [0.1, 0.15) is 19.4 Å². The molecule has 1 aliphatic rings. The molecule has 1 aliphatic heterocycles. The summed E-state index contributed by atoms with van der Waals surface area (Å²) in [5.41, 5.74) is 1.53. The van der Waals surface area contributed by atoms with Crippen molar-refractivity contribution < 1.29 is 13.9 Å². The molecule has 0 atom stereocenters. The van der Waals surface area contributed by atoms with Gasteiger partial charge in [-0.2, -0.15) is 0 Å². The number of halogens is 1. The molecule has 1 fully saturated rings. The topological polar surface area (TPSA) is 33.7 Å². The Bertz CT molecular complexity index is 466. The van der Waals surface area contributed by atoms with Gasteiger partial charge in [-0.25, -0.2) is 4.39 Å². The molecule has 0 radical (unpaired) electrons. The second kappa shape index (κ2) is 7.20. The van der Waals surface area contributed by atoms with Crippen molar-refractivity contribution in [2.45, 2.75) is 25.9 Å². The average Bonchev–Trinajstić information content (AvgIpc) is 2.44. The minimum absolute atomic E-state index is 0.132. The van der Waals surface area contributed by atoms with Gasteiger partial charge in [0.15, 0.2) is 0 Å². The summed E-state index contributed by atoms with van der Waals surface area (Å²) in [7, 11) is 1.66. The quantitative estimate of drug-likeness (QED) is 0.816. The summed E-state index contributed by atoms with van der Waals surface area (Å²) in [5, 5.41) is 3.23. The van der Waals surface area contributed by atoms with Crippen LogP contribution >= 0.6 is 0 Å². The molecule has 0 amide bonds. The number of methoxy groups -OCH3 is 1. The first kappa shape index (κ1) is 16.2. The first-order valence-corrected chi connectivity index (χ1v) is 7.38. The Balaban J connectivity index is 2.20. The molecule has 0 saturated carbocycles. The van der Waals surface area contributed by atoms with Crippen molar-refractivity contribution in [1.82, 2.24) is 5.32 Å². The fourth-order valence-electron chi connectivity index (χ4n) is 2.67. The summed E-state index contributed by atoms with van der Waals surface area (Å²) < 4.78 is 24.8. The lowest BCUT2D eigenvalue weighted by Gasteiger charge is -2.44. The Morgan fingerprint density at radius 1 is 1.43 bits per heavy atom. The highest BCUT2D eigenvalue weighted by Crippen LogP contribution is 2.31. The Hall–Kier alpha value is -1.17. The highest BCUT2D eigenvalue weighted by Gasteiger charge is 2.32. The molecule has 5 heteroatoms. The first-order chi connectivity index (χ1) is 10.1. The van der Waals surface area contributed by atoms with Crippen molar-refractivity contribution >= 4 is 5.69 Å². The maximum atomic E-state index is 14.2. The van der Waals surface area contributed by atoms with E-state index < -0.39 is 0 Å². The van der Waals surface area contributed by atoms with E-state index in [0.29, 0.717) is 38.5 Å². The Morgan fingerprint density at radius 3 is 2.95 bits per heavy atom. The average molecular weight is 296 g/mol. The number of nitrogens with one attached hydrogen (secondary N) is 1. The van der Waals surface area contributed by atoms with E-state index in [1.165, 1.54) is 6.07 Å². The van der Waals surface area contributed by atoms with Gasteiger partial charge in [0, 0.05) is 38.0 Å². The number of morpholine rings is 1. The minimum Gasteiger partial charge on any atom is -0.383 e. The first-order valence-electron chi connectivity index (χ1n) is 7.38. The van der Waals surface area contributed by atoms with Crippen LogP contribution in [0.4, 0.5) is 10.1 Å². The number of hydrogen-bond donors (Lipinski definition) is 1. The van der Waals surface area contributed by atoms with E-state index in [4.69, 9.17) is 9.47 Å². The molecule has 118 valence electrons. The van der Waals surface area contributed by atoms with E-state index >= 15 is 0 Å². The predicted molar refractivity (Wildman–Crippen MR) is 82.2 cm³/mol. The molecule has 0 bridgehead atoms. The van der Waals surface area contributed by atoms with E-state index in [-0.39, 0.29) is 11.4 Å². The third-order valence-corrected chi connectivity index (χ3v) is 3.81. The van der Waals surface area contributed by atoms with Gasteiger partial charge in [0.05, 0.1) is 25.4 Å². The molecule has 1 aromatic rings. The third-order valence-electron chi connectivity index (χ3n) is 3.81. The van der Waals surface area contributed by atoms with Gasteiger partial charge in [0.2, 0.25) is 0 Å². The summed E-state index contributed by atoms with van der Waals surface area (Å²) in [4.78, 5) is 2.24. The highest BCUT2D eigenvalue weighted by molar-refractivity contribution is 5.56. The van der Waals surface area contributed by atoms with Gasteiger partial charge in [0.1, 0.15) is 5.82 Å². The van der Waals surface area contributed by atoms with Crippen molar-refractivity contribution in [3.05, 3.63) is 29.6 Å². The van der Waals surface area contributed by atoms with Crippen LogP contribution in [0.2, 0.25) is 0 Å². The Labute approximate surface area is 126 Å². The smallest absolute Gasteiger partial charge is 0.129 e. The molecule has 0 spiro atoms. The van der Waals surface area contributed by atoms with E-state index in [1.54, 1.807) is 13.2 Å². The monoisotopic (exact) mass is 296 g/mol. The number of rotatable bonds is 6. The zero-order chi connectivity index (χ0) is 15.3. The molecule has 0 aliphatic carbocycles. The lowest BCUT2D eigenvalue weighted by molar-refractivity contribution is 0.0642. The SMILES string of the molecule is COCCNCc1c(F)cccc1N1CCOCC1(C)C. The molecule has 1 saturated heterocycles. The fourth-order valence-corrected chi connectivity index (χ4v) is 2.67. The minimum atomic E-state index is -0.167. The van der Waals surface area contributed by atoms with Crippen LogP contribution < -0.4 is 10.2 Å². The van der Waals surface area contributed by atoms with Gasteiger partial charge in [-0.3, -0.25) is 0 Å². The molecule has 2 rings (SSSR count). The molecule has 0 aromatic heterocycles. The second-order valence-electron chi connectivity index (χ2n) is 5.92. The molecule has 4 nitrogen and oxygen atoms in total. The van der Waals surface area contributed by atoms with Crippen molar-refractivity contribution in [1.29, 1.82) is 0 Å². The number of ether oxygens (including phenoxy) is 2. The third kappa shape index (κ3) is 3.93. The summed E-state index contributed by atoms with van der Waals surface area (Å²) in [6.07, 6.45) is 0. The van der Waals surface area contributed by atoms with E-state index in [9.17, 15) is 4.39 Å². The van der Waals surface area contributed by atoms with Crippen LogP contribution in [0.15, 0.2) is 18.2 Å². The van der Waals surface area contributed by atoms with E-state index in [2.05, 4.69) is 24.1 Å². The zero-order valence-electron chi connectivity index (χ0n) is 13.1. The van der Waals surface area contributed by atoms with Crippen LogP contribution in [0.25, 0.3) is 0 Å². The molecular weight excluding hydrogens is 271 g/mol. The summed E-state index contributed by atoms with van der Waals surface area (Å²) in [6.45, 7) is 8.18. The molecule has 1 N–H and O–H groups in total. The molecular formula is C16H25FN2O2. The maximum Gasteiger partial charge on any atom is 0.129 e. The standard InChI is InChI=1S/C16H25FN2O2/c1-16(2)12-21-10-8-19(16)15-6-4-5-14(17)13(15)11-18-7-9-20-3/h4-6,18H,7-12H2,1-3H3. The molecule has 1 aromatic carbocycles. The summed E-state index contributed by atoms with van der Waals surface area (Å²) in [6, 6.07) is 5.28. The van der Waals surface area contributed by atoms with Crippen LogP contribution in [0.3, 0.4) is 0 Å². The highest BCUT2D eigenvalue weighted by atomic mass is 19.1. The molecule has 1 heterocycles. The number of anilines is 1. The van der Waals surface area contributed by atoms with Gasteiger partial charge in [0.25, 0.3) is 0 Å². The Morgan fingerprint density at radius 2 is 2.24 bits per heavy atom. The maximum absolute atomic E-state index is 14.2. The van der Waals surface area contributed by atoms with Gasteiger partial charge in [-0.15, -0.1) is 0 Å². The Kier molecular flexibility index (Phi) is 5.56. The van der Waals surface area contributed by atoms with Crippen molar-refractivity contribution in [3.8, 4) is 0 Å². The van der Waals surface area contributed by atoms with E-state index in [0.717, 1.165) is 12.2 Å². The number of hydrogen-bond acceptors (Lipinski definition) is 4. The van der Waals surface area contributed by atoms with Crippen LogP contribution in [0.5, 0.6) is 0 Å². The van der Waals surface area contributed by atoms with Crippen molar-refractivity contribution in [2.24, 2.45) is 0 Å². The largest absolute Gasteiger partial charge is 0.383 e. The van der Waals surface area contributed by atoms with Gasteiger partial charge < -0.3 is 19.7 Å².